The molecule has 0 saturated carbocycles. The summed E-state index contributed by atoms with van der Waals surface area (Å²) >= 11 is 0. The maximum absolute atomic E-state index is 15.1. The van der Waals surface area contributed by atoms with Crippen LogP contribution in [-0.2, 0) is 17.8 Å². The molecule has 2 aromatic carbocycles. The summed E-state index contributed by atoms with van der Waals surface area (Å²) in [7, 11) is 1.56. The van der Waals surface area contributed by atoms with Gasteiger partial charge in [0.15, 0.2) is 5.43 Å². The van der Waals surface area contributed by atoms with Gasteiger partial charge in [-0.15, -0.1) is 0 Å². The van der Waals surface area contributed by atoms with Crippen molar-refractivity contribution in [2.75, 3.05) is 20.3 Å². The number of carbonyl (C=O) groups is 1. The SMILES string of the molecule is CCCOc1ccc(F)c2c(=O)c(-c3ccc(OC)cc3)cn(CCNC(=O)C(N)Cc3c[nH]cn3)c12. The largest absolute Gasteiger partial charge is 0.497 e. The van der Waals surface area contributed by atoms with E-state index in [0.29, 0.717) is 40.4 Å². The smallest absolute Gasteiger partial charge is 0.237 e. The predicted octanol–water partition coefficient (Wildman–Crippen LogP) is 3.01. The molecule has 4 N–H and O–H groups in total. The van der Waals surface area contributed by atoms with Crippen molar-refractivity contribution in [3.05, 3.63) is 76.9 Å². The number of ether oxygens (including phenoxy) is 2. The van der Waals surface area contributed by atoms with Crippen molar-refractivity contribution < 1.29 is 18.7 Å². The molecule has 2 aromatic heterocycles. The van der Waals surface area contributed by atoms with Crippen LogP contribution in [0.4, 0.5) is 4.39 Å². The van der Waals surface area contributed by atoms with E-state index < -0.39 is 17.3 Å². The Morgan fingerprint density at radius 3 is 2.70 bits per heavy atom. The number of carbonyl (C=O) groups excluding carboxylic acids is 1. The van der Waals surface area contributed by atoms with Crippen molar-refractivity contribution in [2.24, 2.45) is 5.73 Å². The molecule has 1 amide bonds. The van der Waals surface area contributed by atoms with Crippen LogP contribution >= 0.6 is 0 Å². The minimum Gasteiger partial charge on any atom is -0.497 e. The first-order valence-corrected chi connectivity index (χ1v) is 12.1. The number of nitrogens with zero attached hydrogens (tertiary/aromatic N) is 2. The molecule has 10 heteroatoms. The molecule has 0 saturated heterocycles. The zero-order valence-electron chi connectivity index (χ0n) is 20.8. The van der Waals surface area contributed by atoms with Crippen LogP contribution < -0.4 is 26.0 Å². The summed E-state index contributed by atoms with van der Waals surface area (Å²) in [5.41, 5.74) is 7.55. The molecule has 194 valence electrons. The van der Waals surface area contributed by atoms with E-state index in [0.717, 1.165) is 6.42 Å². The minimum atomic E-state index is -0.773. The molecule has 2 heterocycles. The number of rotatable bonds is 11. The molecule has 1 atom stereocenters. The van der Waals surface area contributed by atoms with Crippen LogP contribution in [0.15, 0.2) is 59.9 Å². The Labute approximate surface area is 213 Å². The van der Waals surface area contributed by atoms with Crippen LogP contribution in [0, 0.1) is 5.82 Å². The number of fused-ring (bicyclic) bond motifs is 1. The second-order valence-corrected chi connectivity index (χ2v) is 8.57. The van der Waals surface area contributed by atoms with Crippen LogP contribution in [0.25, 0.3) is 22.0 Å². The van der Waals surface area contributed by atoms with E-state index >= 15 is 4.39 Å². The van der Waals surface area contributed by atoms with Crippen LogP contribution in [-0.4, -0.2) is 46.7 Å². The van der Waals surface area contributed by atoms with Gasteiger partial charge in [-0.05, 0) is 36.2 Å². The molecule has 4 rings (SSSR count). The summed E-state index contributed by atoms with van der Waals surface area (Å²) in [4.78, 5) is 33.0. The Hall–Kier alpha value is -4.18. The first kappa shape index (κ1) is 25.9. The Bertz CT molecular complexity index is 1420. The summed E-state index contributed by atoms with van der Waals surface area (Å²) in [5, 5.41) is 2.76. The van der Waals surface area contributed by atoms with Gasteiger partial charge in [0.25, 0.3) is 0 Å². The van der Waals surface area contributed by atoms with Gasteiger partial charge in [-0.1, -0.05) is 19.1 Å². The first-order chi connectivity index (χ1) is 17.9. The average Bonchev–Trinajstić information content (AvgIpc) is 3.42. The highest BCUT2D eigenvalue weighted by molar-refractivity contribution is 5.89. The maximum atomic E-state index is 15.1. The molecule has 0 spiro atoms. The summed E-state index contributed by atoms with van der Waals surface area (Å²) in [6.45, 7) is 2.83. The number of hydrogen-bond acceptors (Lipinski definition) is 6. The molecular weight excluding hydrogens is 477 g/mol. The number of imidazole rings is 1. The third-order valence-electron chi connectivity index (χ3n) is 5.97. The molecule has 0 aliphatic carbocycles. The number of methoxy groups -OCH3 is 1. The van der Waals surface area contributed by atoms with Gasteiger partial charge in [-0.2, -0.15) is 0 Å². The van der Waals surface area contributed by atoms with Crippen molar-refractivity contribution in [3.63, 3.8) is 0 Å². The first-order valence-electron chi connectivity index (χ1n) is 12.1. The zero-order valence-corrected chi connectivity index (χ0v) is 20.8. The lowest BCUT2D eigenvalue weighted by Gasteiger charge is -2.18. The topological polar surface area (TPSA) is 124 Å². The fourth-order valence-electron chi connectivity index (χ4n) is 4.09. The van der Waals surface area contributed by atoms with Crippen molar-refractivity contribution in [1.82, 2.24) is 19.9 Å². The van der Waals surface area contributed by atoms with E-state index in [9.17, 15) is 9.59 Å². The van der Waals surface area contributed by atoms with Gasteiger partial charge in [0.05, 0.1) is 42.7 Å². The Morgan fingerprint density at radius 1 is 1.24 bits per heavy atom. The van der Waals surface area contributed by atoms with E-state index in [2.05, 4.69) is 15.3 Å². The number of H-pyrrole nitrogens is 1. The molecule has 0 radical (unpaired) electrons. The number of nitrogens with two attached hydrogens (primary N) is 1. The van der Waals surface area contributed by atoms with Crippen molar-refractivity contribution in [3.8, 4) is 22.6 Å². The molecule has 0 fully saturated rings. The highest BCUT2D eigenvalue weighted by atomic mass is 19.1. The monoisotopic (exact) mass is 507 g/mol. The molecule has 0 bridgehead atoms. The van der Waals surface area contributed by atoms with Crippen molar-refractivity contribution in [1.29, 1.82) is 0 Å². The third kappa shape index (κ3) is 5.80. The summed E-state index contributed by atoms with van der Waals surface area (Å²) in [6, 6.07) is 8.96. The van der Waals surface area contributed by atoms with Gasteiger partial charge in [0, 0.05) is 37.5 Å². The van der Waals surface area contributed by atoms with Crippen LogP contribution in [0.2, 0.25) is 0 Å². The Morgan fingerprint density at radius 2 is 2.03 bits per heavy atom. The number of amides is 1. The molecule has 4 aromatic rings. The standard InChI is InChI=1S/C27H30FN5O4/c1-3-12-37-23-9-8-21(28)24-25(23)33(11-10-31-27(35)22(29)13-18-14-30-16-32-18)15-20(26(24)34)17-4-6-19(36-2)7-5-17/h4-9,14-16,22H,3,10-13,29H2,1-2H3,(H,30,32)(H,31,35). The third-order valence-corrected chi connectivity index (χ3v) is 5.97. The lowest BCUT2D eigenvalue weighted by atomic mass is 10.0. The second kappa shape index (κ2) is 11.7. The zero-order chi connectivity index (χ0) is 26.4. The number of benzene rings is 2. The van der Waals surface area contributed by atoms with Gasteiger partial charge >= 0.3 is 0 Å². The summed E-state index contributed by atoms with van der Waals surface area (Å²) in [5.74, 6) is 0.0637. The molecule has 0 aliphatic heterocycles. The van der Waals surface area contributed by atoms with Gasteiger partial charge in [0.2, 0.25) is 5.91 Å². The van der Waals surface area contributed by atoms with Gasteiger partial charge in [-0.3, -0.25) is 9.59 Å². The predicted molar refractivity (Wildman–Crippen MR) is 139 cm³/mol. The van der Waals surface area contributed by atoms with Crippen LogP contribution in [0.5, 0.6) is 11.5 Å². The normalized spacial score (nSPS) is 11.9. The second-order valence-electron chi connectivity index (χ2n) is 8.57. The molecule has 0 aliphatic rings. The van der Waals surface area contributed by atoms with E-state index in [1.807, 2.05) is 6.92 Å². The number of aromatic nitrogens is 3. The highest BCUT2D eigenvalue weighted by Gasteiger charge is 2.19. The summed E-state index contributed by atoms with van der Waals surface area (Å²) < 4.78 is 27.9. The number of nitrogens with one attached hydrogen (secondary N) is 2. The fourth-order valence-corrected chi connectivity index (χ4v) is 4.09. The minimum absolute atomic E-state index is 0.0662. The van der Waals surface area contributed by atoms with Crippen molar-refractivity contribution in [2.45, 2.75) is 32.4 Å². The number of aromatic amines is 1. The van der Waals surface area contributed by atoms with Gasteiger partial charge < -0.3 is 30.1 Å². The lowest BCUT2D eigenvalue weighted by molar-refractivity contribution is -0.122. The van der Waals surface area contributed by atoms with E-state index in [4.69, 9.17) is 15.2 Å². The molecule has 1 unspecified atom stereocenters. The summed E-state index contributed by atoms with van der Waals surface area (Å²) in [6.07, 6.45) is 5.92. The average molecular weight is 508 g/mol. The number of hydrogen-bond donors (Lipinski definition) is 3. The Kier molecular flexibility index (Phi) is 8.19. The number of halogens is 1. The maximum Gasteiger partial charge on any atom is 0.237 e. The van der Waals surface area contributed by atoms with Crippen LogP contribution in [0.3, 0.4) is 0 Å². The highest BCUT2D eigenvalue weighted by Crippen LogP contribution is 2.29. The van der Waals surface area contributed by atoms with Crippen molar-refractivity contribution >= 4 is 16.8 Å². The van der Waals surface area contributed by atoms with E-state index in [1.165, 1.54) is 18.5 Å². The molecular formula is C27H30FN5O4. The number of pyridine rings is 1. The molecule has 9 nitrogen and oxygen atoms in total. The van der Waals surface area contributed by atoms with E-state index in [1.54, 1.807) is 48.3 Å². The quantitative estimate of drug-likeness (QED) is 0.287. The lowest BCUT2D eigenvalue weighted by Crippen LogP contribution is -2.43. The van der Waals surface area contributed by atoms with Gasteiger partial charge in [0.1, 0.15) is 17.3 Å². The van der Waals surface area contributed by atoms with E-state index in [-0.39, 0.29) is 30.8 Å². The Balaban J connectivity index is 1.68. The van der Waals surface area contributed by atoms with Crippen LogP contribution in [0.1, 0.15) is 19.0 Å². The van der Waals surface area contributed by atoms with Gasteiger partial charge in [-0.25, -0.2) is 9.37 Å². The molecule has 37 heavy (non-hydrogen) atoms. The fraction of sp³-hybridized carbons (Fsp3) is 0.296.